The van der Waals surface area contributed by atoms with Crippen LogP contribution in [0.15, 0.2) is 35.4 Å². The monoisotopic (exact) mass is 579 g/mol. The van der Waals surface area contributed by atoms with E-state index in [1.165, 1.54) is 6.07 Å². The van der Waals surface area contributed by atoms with Crippen molar-refractivity contribution < 1.29 is 26.3 Å². The van der Waals surface area contributed by atoms with E-state index < -0.39 is 21.6 Å². The van der Waals surface area contributed by atoms with Gasteiger partial charge >= 0.3 is 6.18 Å². The Morgan fingerprint density at radius 1 is 1.23 bits per heavy atom. The largest absolute Gasteiger partial charge is 0.483 e. The van der Waals surface area contributed by atoms with Gasteiger partial charge in [0.1, 0.15) is 10.5 Å². The number of fused-ring (bicyclic) bond motifs is 1. The first kappa shape index (κ1) is 26.3. The van der Waals surface area contributed by atoms with Gasteiger partial charge in [0.2, 0.25) is 5.95 Å². The number of sulfone groups is 1. The van der Waals surface area contributed by atoms with Gasteiger partial charge in [-0.05, 0) is 61.9 Å². The molecule has 8 nitrogen and oxygen atoms in total. The Balaban J connectivity index is 1.36. The Morgan fingerprint density at radius 2 is 2.05 bits per heavy atom. The fourth-order valence-electron chi connectivity index (χ4n) is 5.03. The zero-order valence-electron chi connectivity index (χ0n) is 21.2. The van der Waals surface area contributed by atoms with Crippen molar-refractivity contribution >= 4 is 38.5 Å². The first-order valence-corrected chi connectivity index (χ1v) is 15.4. The van der Waals surface area contributed by atoms with E-state index in [2.05, 4.69) is 38.5 Å². The number of hydrogen-bond donors (Lipinski definition) is 2. The summed E-state index contributed by atoms with van der Waals surface area (Å²) in [6, 6.07) is 7.72. The molecule has 1 aromatic carbocycles. The Bertz CT molecular complexity index is 1500. The molecule has 0 amide bonds. The topological polar surface area (TPSA) is 96.5 Å². The van der Waals surface area contributed by atoms with Crippen LogP contribution in [-0.2, 0) is 16.0 Å². The lowest BCUT2D eigenvalue weighted by Crippen LogP contribution is -2.49. The van der Waals surface area contributed by atoms with Gasteiger partial charge in [-0.1, -0.05) is 11.3 Å². The fraction of sp³-hybridized carbons (Fsp3) is 0.462. The summed E-state index contributed by atoms with van der Waals surface area (Å²) in [6.45, 7) is 5.03. The lowest BCUT2D eigenvalue weighted by molar-refractivity contribution is -0.137. The lowest BCUT2D eigenvalue weighted by atomic mass is 10.1. The molecule has 1 atom stereocenters. The van der Waals surface area contributed by atoms with Crippen LogP contribution in [0.3, 0.4) is 0 Å². The van der Waals surface area contributed by atoms with Gasteiger partial charge in [0.25, 0.3) is 0 Å². The van der Waals surface area contributed by atoms with Crippen molar-refractivity contribution in [1.82, 2.24) is 15.3 Å². The minimum Gasteiger partial charge on any atom is -0.483 e. The van der Waals surface area contributed by atoms with Crippen LogP contribution in [0.2, 0.25) is 0 Å². The first-order valence-electron chi connectivity index (χ1n) is 12.9. The highest BCUT2D eigenvalue weighted by Crippen LogP contribution is 2.47. The Labute approximate surface area is 228 Å². The van der Waals surface area contributed by atoms with Gasteiger partial charge in [0.05, 0.1) is 22.9 Å². The highest BCUT2D eigenvalue weighted by atomic mass is 32.2. The van der Waals surface area contributed by atoms with Gasteiger partial charge in [-0.2, -0.15) is 13.2 Å². The van der Waals surface area contributed by atoms with Crippen LogP contribution in [-0.4, -0.2) is 56.4 Å². The Kier molecular flexibility index (Phi) is 6.71. The molecule has 2 aliphatic heterocycles. The molecule has 4 heterocycles. The molecule has 2 fully saturated rings. The molecule has 2 N–H and O–H groups in total. The second-order valence-electron chi connectivity index (χ2n) is 10.2. The number of benzene rings is 1. The van der Waals surface area contributed by atoms with Crippen molar-refractivity contribution in [3.8, 4) is 15.6 Å². The average Bonchev–Trinajstić information content (AvgIpc) is 3.66. The number of rotatable bonds is 5. The summed E-state index contributed by atoms with van der Waals surface area (Å²) < 4.78 is 72.7. The summed E-state index contributed by atoms with van der Waals surface area (Å²) in [6.07, 6.45) is -1.56. The Hall–Kier alpha value is -2.90. The van der Waals surface area contributed by atoms with Crippen LogP contribution < -0.4 is 20.3 Å². The number of piperazine rings is 1. The number of hydrogen-bond acceptors (Lipinski definition) is 9. The average molecular weight is 580 g/mol. The van der Waals surface area contributed by atoms with E-state index in [4.69, 9.17) is 4.74 Å². The molecule has 0 spiro atoms. The van der Waals surface area contributed by atoms with Crippen molar-refractivity contribution in [2.75, 3.05) is 42.2 Å². The fourth-order valence-corrected chi connectivity index (χ4v) is 7.87. The van der Waals surface area contributed by atoms with Gasteiger partial charge in [-0.3, -0.25) is 0 Å². The van der Waals surface area contributed by atoms with Crippen LogP contribution in [0.4, 0.5) is 30.5 Å². The van der Waals surface area contributed by atoms with Crippen LogP contribution in [0.5, 0.6) is 5.06 Å². The summed E-state index contributed by atoms with van der Waals surface area (Å²) >= 11 is 0.855. The molecule has 13 heteroatoms. The van der Waals surface area contributed by atoms with Crippen LogP contribution in [0, 0.1) is 0 Å². The zero-order chi connectivity index (χ0) is 27.4. The molecular formula is C26H28F3N5O3S2. The summed E-state index contributed by atoms with van der Waals surface area (Å²) in [7, 11) is -3.66. The van der Waals surface area contributed by atoms with E-state index in [1.54, 1.807) is 0 Å². The van der Waals surface area contributed by atoms with E-state index in [-0.39, 0.29) is 38.8 Å². The van der Waals surface area contributed by atoms with Gasteiger partial charge in [-0.25, -0.2) is 18.4 Å². The number of ether oxygens (including phenoxy) is 1. The lowest BCUT2D eigenvalue weighted by Gasteiger charge is -2.34. The summed E-state index contributed by atoms with van der Waals surface area (Å²) in [4.78, 5) is 10.6. The maximum absolute atomic E-state index is 14.0. The SMILES string of the molecule is C[C@@H]1CN(c2ccc(Nc3ncc(C(F)(F)F)c(-c4cc5c(s4)OCCCS5(=O)=O)n3)c(C3CC3)c2)CCN1. The minimum atomic E-state index is -4.73. The van der Waals surface area contributed by atoms with Gasteiger partial charge in [0.15, 0.2) is 14.9 Å². The minimum absolute atomic E-state index is 0.0100. The second kappa shape index (κ2) is 9.93. The molecule has 1 saturated heterocycles. The predicted molar refractivity (Wildman–Crippen MR) is 144 cm³/mol. The summed E-state index contributed by atoms with van der Waals surface area (Å²) in [5, 5.41) is 6.68. The van der Waals surface area contributed by atoms with Crippen LogP contribution in [0.25, 0.3) is 10.6 Å². The van der Waals surface area contributed by atoms with Crippen molar-refractivity contribution in [2.45, 2.75) is 49.2 Å². The van der Waals surface area contributed by atoms with Crippen molar-refractivity contribution in [3.63, 3.8) is 0 Å². The third kappa shape index (κ3) is 5.44. The summed E-state index contributed by atoms with van der Waals surface area (Å²) in [5.74, 6) is 0.263. The molecule has 6 rings (SSSR count). The predicted octanol–water partition coefficient (Wildman–Crippen LogP) is 5.20. The summed E-state index contributed by atoms with van der Waals surface area (Å²) in [5.41, 5.74) is 1.55. The van der Waals surface area contributed by atoms with Crippen molar-refractivity contribution in [1.29, 1.82) is 0 Å². The third-order valence-corrected chi connectivity index (χ3v) is 10.1. The number of halogens is 3. The molecule has 0 unspecified atom stereocenters. The first-order chi connectivity index (χ1) is 18.6. The van der Waals surface area contributed by atoms with E-state index in [0.717, 1.165) is 66.9 Å². The van der Waals surface area contributed by atoms with Crippen molar-refractivity contribution in [3.05, 3.63) is 41.6 Å². The molecule has 3 aromatic rings. The van der Waals surface area contributed by atoms with E-state index in [9.17, 15) is 21.6 Å². The standard InChI is InChI=1S/C26H28F3N5O3S2/c1-15-14-34(8-7-30-15)17-5-6-20(18(11-17)16-3-4-16)32-25-31-13-19(26(27,28)29)23(33-25)21-12-22-24(38-21)37-9-2-10-39(22,35)36/h5-6,11-13,15-16,30H,2-4,7-10,14H2,1H3,(H,31,32,33)/t15-/m1/s1. The molecule has 1 saturated carbocycles. The van der Waals surface area contributed by atoms with Crippen molar-refractivity contribution in [2.24, 2.45) is 0 Å². The number of nitrogens with zero attached hydrogens (tertiary/aromatic N) is 3. The number of anilines is 3. The third-order valence-electron chi connectivity index (χ3n) is 7.15. The maximum Gasteiger partial charge on any atom is 0.420 e. The number of thiophene rings is 1. The molecule has 208 valence electrons. The van der Waals surface area contributed by atoms with Crippen LogP contribution in [0.1, 0.15) is 43.2 Å². The molecule has 1 aliphatic carbocycles. The zero-order valence-corrected chi connectivity index (χ0v) is 22.8. The quantitative estimate of drug-likeness (QED) is 0.426. The number of nitrogens with one attached hydrogen (secondary N) is 2. The Morgan fingerprint density at radius 3 is 2.79 bits per heavy atom. The van der Waals surface area contributed by atoms with Crippen LogP contribution >= 0.6 is 11.3 Å². The number of aromatic nitrogens is 2. The van der Waals surface area contributed by atoms with Gasteiger partial charge in [0, 0.05) is 43.2 Å². The molecule has 2 aromatic heterocycles. The van der Waals surface area contributed by atoms with E-state index in [0.29, 0.717) is 18.4 Å². The normalized spacial score (nSPS) is 21.1. The molecule has 39 heavy (non-hydrogen) atoms. The molecule has 3 aliphatic rings. The molecule has 0 radical (unpaired) electrons. The second-order valence-corrected chi connectivity index (χ2v) is 13.3. The van der Waals surface area contributed by atoms with E-state index >= 15 is 0 Å². The highest BCUT2D eigenvalue weighted by Gasteiger charge is 2.37. The molecular weight excluding hydrogens is 551 g/mol. The molecule has 0 bridgehead atoms. The highest BCUT2D eigenvalue weighted by molar-refractivity contribution is 7.91. The van der Waals surface area contributed by atoms with E-state index in [1.807, 2.05) is 12.1 Å². The maximum atomic E-state index is 14.0. The van der Waals surface area contributed by atoms with Gasteiger partial charge in [-0.15, -0.1) is 0 Å². The van der Waals surface area contributed by atoms with Gasteiger partial charge < -0.3 is 20.3 Å². The smallest absolute Gasteiger partial charge is 0.420 e. The number of alkyl halides is 3.